The van der Waals surface area contributed by atoms with Gasteiger partial charge in [0.15, 0.2) is 0 Å². The van der Waals surface area contributed by atoms with Crippen LogP contribution in [0.2, 0.25) is 0 Å². The highest BCUT2D eigenvalue weighted by Crippen LogP contribution is 2.20. The zero-order valence-corrected chi connectivity index (χ0v) is 14.4. The third-order valence-electron chi connectivity index (χ3n) is 3.11. The standard InChI is InChI=1S/C15H17FN2O3S2/c1-11-6-7-15(22-11)23(20,21)17-8-9-18(12(2)19)14-5-3-4-13(16)10-14/h3-7,10,17H,8-9H2,1-2H3. The minimum atomic E-state index is -3.59. The van der Waals surface area contributed by atoms with Crippen molar-refractivity contribution in [1.82, 2.24) is 4.72 Å². The Hall–Kier alpha value is -1.77. The van der Waals surface area contributed by atoms with Crippen LogP contribution in [0.4, 0.5) is 10.1 Å². The molecule has 0 radical (unpaired) electrons. The molecule has 5 nitrogen and oxygen atoms in total. The number of halogens is 1. The summed E-state index contributed by atoms with van der Waals surface area (Å²) < 4.78 is 40.2. The third-order valence-corrected chi connectivity index (χ3v) is 6.06. The van der Waals surface area contributed by atoms with E-state index in [1.165, 1.54) is 47.4 Å². The number of anilines is 1. The number of sulfonamides is 1. The van der Waals surface area contributed by atoms with Crippen molar-refractivity contribution in [3.8, 4) is 0 Å². The van der Waals surface area contributed by atoms with Crippen LogP contribution in [0.3, 0.4) is 0 Å². The fourth-order valence-corrected chi connectivity index (χ4v) is 4.38. The summed E-state index contributed by atoms with van der Waals surface area (Å²) in [4.78, 5) is 13.9. The topological polar surface area (TPSA) is 66.5 Å². The van der Waals surface area contributed by atoms with Crippen LogP contribution >= 0.6 is 11.3 Å². The van der Waals surface area contributed by atoms with Crippen LogP contribution in [-0.2, 0) is 14.8 Å². The first-order chi connectivity index (χ1) is 10.8. The van der Waals surface area contributed by atoms with Crippen LogP contribution < -0.4 is 9.62 Å². The van der Waals surface area contributed by atoms with E-state index in [-0.39, 0.29) is 23.2 Å². The maximum atomic E-state index is 13.3. The molecule has 0 atom stereocenters. The molecular weight excluding hydrogens is 339 g/mol. The number of aryl methyl sites for hydroxylation is 1. The van der Waals surface area contributed by atoms with Crippen LogP contribution in [0, 0.1) is 12.7 Å². The van der Waals surface area contributed by atoms with E-state index < -0.39 is 15.8 Å². The predicted molar refractivity (Wildman–Crippen MR) is 88.7 cm³/mol. The number of carbonyl (C=O) groups excluding carboxylic acids is 1. The molecule has 0 aliphatic carbocycles. The Morgan fingerprint density at radius 1 is 1.30 bits per heavy atom. The number of amides is 1. The molecule has 1 aromatic heterocycles. The van der Waals surface area contributed by atoms with E-state index >= 15 is 0 Å². The zero-order valence-electron chi connectivity index (χ0n) is 12.7. The van der Waals surface area contributed by atoms with E-state index in [1.54, 1.807) is 12.1 Å². The minimum absolute atomic E-state index is 0.0371. The SMILES string of the molecule is CC(=O)N(CCNS(=O)(=O)c1ccc(C)s1)c1cccc(F)c1. The van der Waals surface area contributed by atoms with Crippen LogP contribution in [-0.4, -0.2) is 27.4 Å². The van der Waals surface area contributed by atoms with Gasteiger partial charge < -0.3 is 4.90 Å². The van der Waals surface area contributed by atoms with Gasteiger partial charge in [0.1, 0.15) is 10.0 Å². The monoisotopic (exact) mass is 356 g/mol. The zero-order chi connectivity index (χ0) is 17.0. The van der Waals surface area contributed by atoms with Crippen LogP contribution in [0.15, 0.2) is 40.6 Å². The molecule has 1 N–H and O–H groups in total. The van der Waals surface area contributed by atoms with E-state index in [4.69, 9.17) is 0 Å². The maximum absolute atomic E-state index is 13.3. The molecule has 1 amide bonds. The first-order valence-corrected chi connectivity index (χ1v) is 9.19. The highest BCUT2D eigenvalue weighted by Gasteiger charge is 2.17. The summed E-state index contributed by atoms with van der Waals surface area (Å²) in [7, 11) is -3.59. The lowest BCUT2D eigenvalue weighted by molar-refractivity contribution is -0.116. The van der Waals surface area contributed by atoms with Crippen molar-refractivity contribution in [2.75, 3.05) is 18.0 Å². The largest absolute Gasteiger partial charge is 0.311 e. The second-order valence-electron chi connectivity index (χ2n) is 4.91. The number of thiophene rings is 1. The van der Waals surface area contributed by atoms with E-state index in [1.807, 2.05) is 6.92 Å². The van der Waals surface area contributed by atoms with Gasteiger partial charge >= 0.3 is 0 Å². The van der Waals surface area contributed by atoms with E-state index in [0.29, 0.717) is 5.69 Å². The second kappa shape index (κ2) is 7.20. The molecule has 23 heavy (non-hydrogen) atoms. The maximum Gasteiger partial charge on any atom is 0.250 e. The lowest BCUT2D eigenvalue weighted by atomic mass is 10.2. The van der Waals surface area contributed by atoms with Gasteiger partial charge in [0.25, 0.3) is 0 Å². The number of nitrogens with one attached hydrogen (secondary N) is 1. The summed E-state index contributed by atoms with van der Waals surface area (Å²) in [5, 5.41) is 0. The van der Waals surface area contributed by atoms with Crippen molar-refractivity contribution in [2.45, 2.75) is 18.1 Å². The Kier molecular flexibility index (Phi) is 5.51. The summed E-state index contributed by atoms with van der Waals surface area (Å²) in [6.45, 7) is 3.32. The molecule has 0 spiro atoms. The minimum Gasteiger partial charge on any atom is -0.311 e. The van der Waals surface area contributed by atoms with Crippen molar-refractivity contribution < 1.29 is 17.6 Å². The molecule has 0 fully saturated rings. The molecule has 0 bridgehead atoms. The Morgan fingerprint density at radius 2 is 2.04 bits per heavy atom. The molecule has 124 valence electrons. The summed E-state index contributed by atoms with van der Waals surface area (Å²) in [6, 6.07) is 8.88. The van der Waals surface area contributed by atoms with E-state index in [0.717, 1.165) is 4.88 Å². The van der Waals surface area contributed by atoms with Gasteiger partial charge in [-0.25, -0.2) is 17.5 Å². The highest BCUT2D eigenvalue weighted by atomic mass is 32.2. The lowest BCUT2D eigenvalue weighted by Gasteiger charge is -2.21. The van der Waals surface area contributed by atoms with Crippen molar-refractivity contribution in [3.05, 3.63) is 47.1 Å². The molecule has 0 aliphatic heterocycles. The van der Waals surface area contributed by atoms with Crippen LogP contribution in [0.1, 0.15) is 11.8 Å². The molecular formula is C15H17FN2O3S2. The quantitative estimate of drug-likeness (QED) is 0.865. The molecule has 2 rings (SSSR count). The summed E-state index contributed by atoms with van der Waals surface area (Å²) in [6.07, 6.45) is 0. The van der Waals surface area contributed by atoms with E-state index in [2.05, 4.69) is 4.72 Å². The average Bonchev–Trinajstić information content (AvgIpc) is 2.90. The highest BCUT2D eigenvalue weighted by molar-refractivity contribution is 7.91. The van der Waals surface area contributed by atoms with Crippen molar-refractivity contribution >= 4 is 33.0 Å². The Morgan fingerprint density at radius 3 is 2.61 bits per heavy atom. The second-order valence-corrected chi connectivity index (χ2v) is 8.20. The molecule has 0 unspecified atom stereocenters. The number of carbonyl (C=O) groups is 1. The van der Waals surface area contributed by atoms with Crippen molar-refractivity contribution in [1.29, 1.82) is 0 Å². The molecule has 1 aromatic carbocycles. The molecule has 0 aliphatic rings. The molecule has 0 saturated carbocycles. The first kappa shape index (κ1) is 17.6. The van der Waals surface area contributed by atoms with Gasteiger partial charge in [-0.1, -0.05) is 6.07 Å². The third kappa shape index (κ3) is 4.60. The smallest absolute Gasteiger partial charge is 0.250 e. The van der Waals surface area contributed by atoms with Crippen molar-refractivity contribution in [3.63, 3.8) is 0 Å². The number of rotatable bonds is 6. The fraction of sp³-hybridized carbons (Fsp3) is 0.267. The van der Waals surface area contributed by atoms with Gasteiger partial charge in [-0.05, 0) is 37.3 Å². The van der Waals surface area contributed by atoms with Gasteiger partial charge in [0.2, 0.25) is 15.9 Å². The molecule has 2 aromatic rings. The Labute approximate surface area is 138 Å². The van der Waals surface area contributed by atoms with Crippen LogP contribution in [0.5, 0.6) is 0 Å². The summed E-state index contributed by atoms with van der Waals surface area (Å²) in [5.41, 5.74) is 0.392. The van der Waals surface area contributed by atoms with Gasteiger partial charge in [0.05, 0.1) is 0 Å². The number of hydrogen-bond acceptors (Lipinski definition) is 4. The average molecular weight is 356 g/mol. The predicted octanol–water partition coefficient (Wildman–Crippen LogP) is 2.53. The number of benzene rings is 1. The van der Waals surface area contributed by atoms with E-state index in [9.17, 15) is 17.6 Å². The normalized spacial score (nSPS) is 11.4. The Balaban J connectivity index is 2.04. The van der Waals surface area contributed by atoms with Gasteiger partial charge in [-0.3, -0.25) is 4.79 Å². The van der Waals surface area contributed by atoms with Crippen LogP contribution in [0.25, 0.3) is 0 Å². The molecule has 1 heterocycles. The summed E-state index contributed by atoms with van der Waals surface area (Å²) >= 11 is 1.18. The first-order valence-electron chi connectivity index (χ1n) is 6.89. The van der Waals surface area contributed by atoms with Crippen molar-refractivity contribution in [2.24, 2.45) is 0 Å². The molecule has 8 heteroatoms. The van der Waals surface area contributed by atoms with Gasteiger partial charge in [-0.15, -0.1) is 11.3 Å². The number of nitrogens with zero attached hydrogens (tertiary/aromatic N) is 1. The van der Waals surface area contributed by atoms with Gasteiger partial charge in [-0.2, -0.15) is 0 Å². The fourth-order valence-electron chi connectivity index (χ4n) is 2.03. The lowest BCUT2D eigenvalue weighted by Crippen LogP contribution is -2.37. The Bertz CT molecular complexity index is 803. The van der Waals surface area contributed by atoms with Gasteiger partial charge in [0, 0.05) is 30.6 Å². The summed E-state index contributed by atoms with van der Waals surface area (Å²) in [5.74, 6) is -0.745. The molecule has 0 saturated heterocycles. The number of hydrogen-bond donors (Lipinski definition) is 1.